The molecule has 1 aromatic carbocycles. The maximum absolute atomic E-state index is 12.1. The number of halogens is 1. The van der Waals surface area contributed by atoms with E-state index in [9.17, 15) is 14.4 Å². The number of hydrogen-bond acceptors (Lipinski definition) is 7. The summed E-state index contributed by atoms with van der Waals surface area (Å²) in [5.74, 6) is -1.37. The van der Waals surface area contributed by atoms with E-state index in [4.69, 9.17) is 21.6 Å². The minimum absolute atomic E-state index is 0.0173. The van der Waals surface area contributed by atoms with Crippen LogP contribution in [0, 0.1) is 11.3 Å². The number of carbonyl (C=O) groups excluding carboxylic acids is 3. The number of ether oxygens (including phenoxy) is 1. The van der Waals surface area contributed by atoms with Crippen molar-refractivity contribution in [3.63, 3.8) is 0 Å². The average Bonchev–Trinajstić information content (AvgIpc) is 2.75. The van der Waals surface area contributed by atoms with Crippen LogP contribution in [-0.2, 0) is 14.3 Å². The molecule has 1 fully saturated rings. The molecule has 2 aliphatic rings. The monoisotopic (exact) mass is 460 g/mol. The van der Waals surface area contributed by atoms with Crippen LogP contribution in [0.5, 0.6) is 0 Å². The highest BCUT2D eigenvalue weighted by Crippen LogP contribution is 2.37. The highest BCUT2D eigenvalue weighted by molar-refractivity contribution is 6.35. The van der Waals surface area contributed by atoms with E-state index in [0.717, 1.165) is 0 Å². The normalized spacial score (nSPS) is 23.9. The summed E-state index contributed by atoms with van der Waals surface area (Å²) >= 11 is 6.42. The molecule has 3 N–H and O–H groups in total. The second kappa shape index (κ2) is 9.54. The Hall–Kier alpha value is -3.16. The first-order chi connectivity index (χ1) is 15.2. The second-order valence-electron chi connectivity index (χ2n) is 8.01. The van der Waals surface area contributed by atoms with Crippen LogP contribution in [0.2, 0.25) is 5.02 Å². The molecule has 1 aromatic rings. The first-order valence-corrected chi connectivity index (χ1v) is 10.6. The van der Waals surface area contributed by atoms with Gasteiger partial charge in [-0.1, -0.05) is 17.7 Å². The number of likely N-dealkylation sites (tertiary alicyclic amines) is 1. The van der Waals surface area contributed by atoms with Gasteiger partial charge in [-0.15, -0.1) is 0 Å². The van der Waals surface area contributed by atoms with Gasteiger partial charge in [0.25, 0.3) is 0 Å². The van der Waals surface area contributed by atoms with Gasteiger partial charge in [0.15, 0.2) is 5.60 Å². The Bertz CT molecular complexity index is 1010. The second-order valence-corrected chi connectivity index (χ2v) is 8.42. The molecule has 32 heavy (non-hydrogen) atoms. The van der Waals surface area contributed by atoms with Gasteiger partial charge < -0.3 is 15.4 Å². The van der Waals surface area contributed by atoms with Crippen molar-refractivity contribution in [3.05, 3.63) is 34.3 Å². The summed E-state index contributed by atoms with van der Waals surface area (Å²) in [6, 6.07) is 6.67. The van der Waals surface area contributed by atoms with E-state index >= 15 is 0 Å². The van der Waals surface area contributed by atoms with Gasteiger partial charge in [0.2, 0.25) is 0 Å². The molecule has 0 unspecified atom stereocenters. The predicted molar refractivity (Wildman–Crippen MR) is 117 cm³/mol. The lowest BCUT2D eigenvalue weighted by molar-refractivity contribution is -0.139. The quantitative estimate of drug-likeness (QED) is 0.576. The van der Waals surface area contributed by atoms with Crippen molar-refractivity contribution in [2.24, 2.45) is 5.10 Å². The van der Waals surface area contributed by atoms with Crippen LogP contribution in [0.3, 0.4) is 0 Å². The summed E-state index contributed by atoms with van der Waals surface area (Å²) in [6.07, 6.45) is 0.298. The number of nitrogens with one attached hydrogen (secondary N) is 3. The van der Waals surface area contributed by atoms with Crippen LogP contribution in [0.25, 0.3) is 0 Å². The third-order valence-corrected chi connectivity index (χ3v) is 6.02. The summed E-state index contributed by atoms with van der Waals surface area (Å²) in [4.78, 5) is 37.5. The van der Waals surface area contributed by atoms with Gasteiger partial charge in [0, 0.05) is 50.6 Å². The largest absolute Gasteiger partial charge is 0.435 e. The number of piperidine rings is 1. The van der Waals surface area contributed by atoms with Crippen LogP contribution < -0.4 is 16.1 Å². The van der Waals surface area contributed by atoms with Gasteiger partial charge in [0.1, 0.15) is 5.71 Å². The third-order valence-electron chi connectivity index (χ3n) is 5.70. The highest BCUT2D eigenvalue weighted by Gasteiger charge is 2.48. The van der Waals surface area contributed by atoms with E-state index in [1.54, 1.807) is 18.2 Å². The Balaban J connectivity index is 1.77. The molecule has 2 heterocycles. The van der Waals surface area contributed by atoms with Crippen LogP contribution >= 0.6 is 11.6 Å². The van der Waals surface area contributed by atoms with Crippen molar-refractivity contribution in [1.29, 1.82) is 5.26 Å². The molecule has 170 valence electrons. The fourth-order valence-electron chi connectivity index (χ4n) is 4.17. The molecule has 3 rings (SSSR count). The Morgan fingerprint density at radius 3 is 2.84 bits per heavy atom. The molecule has 11 heteroatoms. The molecule has 3 atom stereocenters. The summed E-state index contributed by atoms with van der Waals surface area (Å²) in [7, 11) is 1.40. The molecular weight excluding hydrogens is 436 g/mol. The molecule has 3 amide bonds. The van der Waals surface area contributed by atoms with Crippen molar-refractivity contribution in [2.75, 3.05) is 20.1 Å². The van der Waals surface area contributed by atoms with Crippen molar-refractivity contribution >= 4 is 35.2 Å². The Labute approximate surface area is 190 Å². The first-order valence-electron chi connectivity index (χ1n) is 10.2. The Morgan fingerprint density at radius 1 is 1.47 bits per heavy atom. The predicted octanol–water partition coefficient (Wildman–Crippen LogP) is 1.13. The molecular formula is C21H25ClN6O4. The number of nitrogens with zero attached hydrogens (tertiary/aromatic N) is 3. The molecule has 2 aliphatic heterocycles. The standard InChI is InChI=1S/C21H25ClN6O4/c1-12(25-19(30)18(29)24-3)11-28-7-6-21(9-13(28)2)17(26-27-20(31)32-21)15-5-4-14(10-23)8-16(15)22/h4-5,8,12-13H,6-7,9,11H2,1-3H3,(H,24,29)(H,25,30)(H,27,31)/t12-,13+,21-/m0/s1. The topological polar surface area (TPSA) is 136 Å². The average molecular weight is 461 g/mol. The molecule has 0 radical (unpaired) electrons. The SMILES string of the molecule is CNC(=O)C(=O)N[C@@H](C)CN1CC[C@@]2(C[C@H]1C)OC(=O)NN=C2c1ccc(C#N)cc1Cl. The lowest BCUT2D eigenvalue weighted by atomic mass is 9.79. The summed E-state index contributed by atoms with van der Waals surface area (Å²) in [5, 5.41) is 18.7. The smallest absolute Gasteiger partial charge is 0.428 e. The minimum Gasteiger partial charge on any atom is -0.435 e. The van der Waals surface area contributed by atoms with Crippen molar-refractivity contribution in [2.45, 2.75) is 44.4 Å². The van der Waals surface area contributed by atoms with Gasteiger partial charge in [-0.3, -0.25) is 14.5 Å². The number of amides is 3. The molecule has 0 aromatic heterocycles. The summed E-state index contributed by atoms with van der Waals surface area (Å²) in [6.45, 7) is 4.92. The lowest BCUT2D eigenvalue weighted by Crippen LogP contribution is -2.60. The molecule has 10 nitrogen and oxygen atoms in total. The first kappa shape index (κ1) is 23.5. The van der Waals surface area contributed by atoms with Gasteiger partial charge in [-0.25, -0.2) is 10.2 Å². The van der Waals surface area contributed by atoms with Crippen LogP contribution in [0.15, 0.2) is 23.3 Å². The van der Waals surface area contributed by atoms with E-state index in [-0.39, 0.29) is 12.1 Å². The van der Waals surface area contributed by atoms with Crippen molar-refractivity contribution in [3.8, 4) is 6.07 Å². The number of hydrogen-bond donors (Lipinski definition) is 3. The molecule has 0 bridgehead atoms. The van der Waals surface area contributed by atoms with Crippen molar-refractivity contribution in [1.82, 2.24) is 21.0 Å². The number of nitriles is 1. The fourth-order valence-corrected chi connectivity index (χ4v) is 4.44. The maximum atomic E-state index is 12.1. The zero-order valence-electron chi connectivity index (χ0n) is 18.1. The molecule has 0 saturated carbocycles. The molecule has 1 saturated heterocycles. The minimum atomic E-state index is -0.968. The summed E-state index contributed by atoms with van der Waals surface area (Å²) in [5.41, 5.74) is 2.92. The van der Waals surface area contributed by atoms with Gasteiger partial charge in [-0.2, -0.15) is 10.4 Å². The number of carbonyl (C=O) groups is 3. The Morgan fingerprint density at radius 2 is 2.22 bits per heavy atom. The van der Waals surface area contributed by atoms with Crippen molar-refractivity contribution < 1.29 is 19.1 Å². The molecule has 0 aliphatic carbocycles. The zero-order valence-corrected chi connectivity index (χ0v) is 18.8. The van der Waals surface area contributed by atoms with E-state index < -0.39 is 23.5 Å². The van der Waals surface area contributed by atoms with E-state index in [1.165, 1.54) is 7.05 Å². The summed E-state index contributed by atoms with van der Waals surface area (Å²) < 4.78 is 5.77. The van der Waals surface area contributed by atoms with Gasteiger partial charge in [0.05, 0.1) is 16.7 Å². The van der Waals surface area contributed by atoms with Gasteiger partial charge >= 0.3 is 17.9 Å². The van der Waals surface area contributed by atoms with Gasteiger partial charge in [-0.05, 0) is 26.0 Å². The number of benzene rings is 1. The fraction of sp³-hybridized carbons (Fsp3) is 0.476. The number of hydrazone groups is 1. The van der Waals surface area contributed by atoms with Crippen LogP contribution in [0.4, 0.5) is 4.79 Å². The highest BCUT2D eigenvalue weighted by atomic mass is 35.5. The van der Waals surface area contributed by atoms with E-state index in [1.807, 2.05) is 19.9 Å². The van der Waals surface area contributed by atoms with E-state index in [2.05, 4.69) is 26.1 Å². The van der Waals surface area contributed by atoms with E-state index in [0.29, 0.717) is 47.8 Å². The number of rotatable bonds is 4. The lowest BCUT2D eigenvalue weighted by Gasteiger charge is -2.47. The number of likely N-dealkylation sites (N-methyl/N-ethyl adjacent to an activating group) is 1. The zero-order chi connectivity index (χ0) is 23.5. The maximum Gasteiger partial charge on any atom is 0.428 e. The van der Waals surface area contributed by atoms with Crippen LogP contribution in [-0.4, -0.2) is 66.3 Å². The Kier molecular flexibility index (Phi) is 7.01. The third kappa shape index (κ3) is 4.84. The van der Waals surface area contributed by atoms with Crippen LogP contribution in [0.1, 0.15) is 37.8 Å². The molecule has 1 spiro atoms.